The van der Waals surface area contributed by atoms with E-state index in [0.717, 1.165) is 19.5 Å². The monoisotopic (exact) mass is 333 g/mol. The van der Waals surface area contributed by atoms with Crippen LogP contribution in [0.15, 0.2) is 0 Å². The molecule has 1 amide bonds. The number of hydrogen-bond acceptors (Lipinski definition) is 6. The van der Waals surface area contributed by atoms with Gasteiger partial charge in [-0.3, -0.25) is 9.69 Å². The molecule has 0 aromatic rings. The molecular weight excluding hydrogens is 306 g/mol. The van der Waals surface area contributed by atoms with Gasteiger partial charge in [0.25, 0.3) is 0 Å². The number of piperazine rings is 1. The zero-order valence-electron chi connectivity index (χ0n) is 13.7. The number of rotatable bonds is 6. The highest BCUT2D eigenvalue weighted by atomic mass is 32.2. The van der Waals surface area contributed by atoms with E-state index < -0.39 is 9.84 Å². The Bertz CT molecular complexity index is 494. The Balaban J connectivity index is 2.08. The summed E-state index contributed by atoms with van der Waals surface area (Å²) in [5.74, 6) is 0.280. The zero-order chi connectivity index (χ0) is 16.3. The van der Waals surface area contributed by atoms with Crippen molar-refractivity contribution in [2.45, 2.75) is 18.5 Å². The number of carbonyl (C=O) groups excluding carboxylic acids is 1. The first-order valence-electron chi connectivity index (χ1n) is 7.71. The number of methoxy groups -OCH3 is 1. The second kappa shape index (κ2) is 7.25. The molecule has 0 spiro atoms. The standard InChI is InChI=1S/C14H27N3O4S/c1-15(2)9-14(18)17-7-6-16(5-4-8-21-3)12-10-22(19,20)11-13(12)17/h12-13H,4-11H2,1-3H3/t12-,13+/m0/s1. The van der Waals surface area contributed by atoms with Crippen LogP contribution >= 0.6 is 0 Å². The molecule has 22 heavy (non-hydrogen) atoms. The molecule has 7 nitrogen and oxygen atoms in total. The van der Waals surface area contributed by atoms with E-state index in [9.17, 15) is 13.2 Å². The molecule has 2 fully saturated rings. The Morgan fingerprint density at radius 2 is 1.91 bits per heavy atom. The predicted octanol–water partition coefficient (Wildman–Crippen LogP) is -1.11. The molecule has 0 aromatic heterocycles. The lowest BCUT2D eigenvalue weighted by molar-refractivity contribution is -0.137. The van der Waals surface area contributed by atoms with Gasteiger partial charge in [-0.05, 0) is 20.5 Å². The molecule has 0 unspecified atom stereocenters. The summed E-state index contributed by atoms with van der Waals surface area (Å²) < 4.78 is 29.2. The fourth-order valence-electron chi connectivity index (χ4n) is 3.39. The summed E-state index contributed by atoms with van der Waals surface area (Å²) in [6.07, 6.45) is 0.880. The van der Waals surface area contributed by atoms with Gasteiger partial charge in [0.1, 0.15) is 0 Å². The number of likely N-dealkylation sites (N-methyl/N-ethyl adjacent to an activating group) is 1. The molecule has 8 heteroatoms. The highest BCUT2D eigenvalue weighted by Crippen LogP contribution is 2.27. The van der Waals surface area contributed by atoms with E-state index in [0.29, 0.717) is 19.7 Å². The quantitative estimate of drug-likeness (QED) is 0.575. The third-order valence-electron chi connectivity index (χ3n) is 4.36. The molecule has 2 rings (SSSR count). The molecule has 0 N–H and O–H groups in total. The summed E-state index contributed by atoms with van der Waals surface area (Å²) in [4.78, 5) is 18.2. The van der Waals surface area contributed by atoms with Crippen molar-refractivity contribution in [3.05, 3.63) is 0 Å². The minimum atomic E-state index is -3.07. The van der Waals surface area contributed by atoms with Gasteiger partial charge in [0.05, 0.1) is 24.1 Å². The average molecular weight is 333 g/mol. The normalized spacial score (nSPS) is 28.1. The summed E-state index contributed by atoms with van der Waals surface area (Å²) in [7, 11) is 2.30. The lowest BCUT2D eigenvalue weighted by Gasteiger charge is -2.44. The van der Waals surface area contributed by atoms with Gasteiger partial charge in [-0.25, -0.2) is 8.42 Å². The molecule has 2 heterocycles. The van der Waals surface area contributed by atoms with Gasteiger partial charge < -0.3 is 14.5 Å². The summed E-state index contributed by atoms with van der Waals surface area (Å²) >= 11 is 0. The van der Waals surface area contributed by atoms with Crippen molar-refractivity contribution in [2.75, 3.05) is 65.5 Å². The van der Waals surface area contributed by atoms with Crippen LogP contribution in [0.2, 0.25) is 0 Å². The van der Waals surface area contributed by atoms with Crippen LogP contribution in [0.3, 0.4) is 0 Å². The average Bonchev–Trinajstić information content (AvgIpc) is 2.73. The van der Waals surface area contributed by atoms with Crippen LogP contribution in [-0.2, 0) is 19.4 Å². The largest absolute Gasteiger partial charge is 0.385 e. The van der Waals surface area contributed by atoms with Crippen molar-refractivity contribution in [2.24, 2.45) is 0 Å². The van der Waals surface area contributed by atoms with Crippen LogP contribution in [-0.4, -0.2) is 107 Å². The van der Waals surface area contributed by atoms with Crippen molar-refractivity contribution in [1.29, 1.82) is 0 Å². The molecule has 2 atom stereocenters. The summed E-state index contributed by atoms with van der Waals surface area (Å²) in [6, 6.07) is -0.268. The third kappa shape index (κ3) is 4.18. The van der Waals surface area contributed by atoms with Crippen LogP contribution in [0.25, 0.3) is 0 Å². The van der Waals surface area contributed by atoms with Gasteiger partial charge in [-0.15, -0.1) is 0 Å². The van der Waals surface area contributed by atoms with Crippen LogP contribution in [0.5, 0.6) is 0 Å². The molecule has 128 valence electrons. The van der Waals surface area contributed by atoms with Gasteiger partial charge in [0, 0.05) is 39.4 Å². The second-order valence-corrected chi connectivity index (χ2v) is 8.57. The molecule has 0 saturated carbocycles. The highest BCUT2D eigenvalue weighted by Gasteiger charge is 2.47. The van der Waals surface area contributed by atoms with Crippen LogP contribution in [0.4, 0.5) is 0 Å². The highest BCUT2D eigenvalue weighted by molar-refractivity contribution is 7.91. The number of hydrogen-bond donors (Lipinski definition) is 0. The Labute approximate surface area is 133 Å². The Hall–Kier alpha value is -0.700. The number of nitrogens with zero attached hydrogens (tertiary/aromatic N) is 3. The van der Waals surface area contributed by atoms with E-state index in [1.54, 1.807) is 12.0 Å². The van der Waals surface area contributed by atoms with Gasteiger partial charge in [0.15, 0.2) is 9.84 Å². The molecule has 2 aliphatic rings. The number of amides is 1. The molecular formula is C14H27N3O4S. The maximum atomic E-state index is 12.4. The fraction of sp³-hybridized carbons (Fsp3) is 0.929. The van der Waals surface area contributed by atoms with Crippen LogP contribution < -0.4 is 0 Å². The summed E-state index contributed by atoms with van der Waals surface area (Å²) in [5.41, 5.74) is 0. The first kappa shape index (κ1) is 17.7. The summed E-state index contributed by atoms with van der Waals surface area (Å²) in [5, 5.41) is 0. The fourth-order valence-corrected chi connectivity index (χ4v) is 5.40. The van der Waals surface area contributed by atoms with Crippen LogP contribution in [0, 0.1) is 0 Å². The second-order valence-electron chi connectivity index (χ2n) is 6.42. The SMILES string of the molecule is COCCCN1CCN(C(=O)CN(C)C)[C@@H]2CS(=O)(=O)C[C@@H]21. The van der Waals surface area contributed by atoms with Crippen molar-refractivity contribution >= 4 is 15.7 Å². The molecule has 0 bridgehead atoms. The minimum absolute atomic E-state index is 0.0219. The summed E-state index contributed by atoms with van der Waals surface area (Å²) in [6.45, 7) is 3.16. The Morgan fingerprint density at radius 1 is 1.23 bits per heavy atom. The van der Waals surface area contributed by atoms with Gasteiger partial charge >= 0.3 is 0 Å². The molecule has 2 aliphatic heterocycles. The van der Waals surface area contributed by atoms with E-state index in [1.807, 2.05) is 19.0 Å². The van der Waals surface area contributed by atoms with E-state index in [-0.39, 0.29) is 29.5 Å². The molecule has 0 radical (unpaired) electrons. The Kier molecular flexibility index (Phi) is 5.81. The lowest BCUT2D eigenvalue weighted by Crippen LogP contribution is -2.61. The van der Waals surface area contributed by atoms with Crippen molar-refractivity contribution in [1.82, 2.24) is 14.7 Å². The van der Waals surface area contributed by atoms with E-state index in [4.69, 9.17) is 4.74 Å². The van der Waals surface area contributed by atoms with Gasteiger partial charge in [-0.2, -0.15) is 0 Å². The lowest BCUT2D eigenvalue weighted by atomic mass is 10.0. The molecule has 0 aromatic carbocycles. The van der Waals surface area contributed by atoms with Gasteiger partial charge in [-0.1, -0.05) is 0 Å². The maximum Gasteiger partial charge on any atom is 0.237 e. The van der Waals surface area contributed by atoms with E-state index >= 15 is 0 Å². The van der Waals surface area contributed by atoms with Gasteiger partial charge in [0.2, 0.25) is 5.91 Å². The topological polar surface area (TPSA) is 70.2 Å². The first-order chi connectivity index (χ1) is 10.3. The third-order valence-corrected chi connectivity index (χ3v) is 6.06. The number of carbonyl (C=O) groups is 1. The predicted molar refractivity (Wildman–Crippen MR) is 84.6 cm³/mol. The number of fused-ring (bicyclic) bond motifs is 1. The maximum absolute atomic E-state index is 12.4. The molecule has 2 saturated heterocycles. The minimum Gasteiger partial charge on any atom is -0.385 e. The number of ether oxygens (including phenoxy) is 1. The smallest absolute Gasteiger partial charge is 0.237 e. The zero-order valence-corrected chi connectivity index (χ0v) is 14.5. The van der Waals surface area contributed by atoms with Crippen LogP contribution in [0.1, 0.15) is 6.42 Å². The van der Waals surface area contributed by atoms with Crippen molar-refractivity contribution < 1.29 is 17.9 Å². The van der Waals surface area contributed by atoms with Crippen molar-refractivity contribution in [3.8, 4) is 0 Å². The first-order valence-corrected chi connectivity index (χ1v) is 9.54. The van der Waals surface area contributed by atoms with Crippen molar-refractivity contribution in [3.63, 3.8) is 0 Å². The van der Waals surface area contributed by atoms with E-state index in [2.05, 4.69) is 4.90 Å². The molecule has 0 aliphatic carbocycles. The Morgan fingerprint density at radius 3 is 2.55 bits per heavy atom. The number of sulfone groups is 1. The van der Waals surface area contributed by atoms with E-state index in [1.165, 1.54) is 0 Å².